The highest BCUT2D eigenvalue weighted by Crippen LogP contribution is 2.34. The lowest BCUT2D eigenvalue weighted by molar-refractivity contribution is -0.123. The number of nitrogens with zero attached hydrogens (tertiary/aromatic N) is 2. The molecule has 188 valence electrons. The lowest BCUT2D eigenvalue weighted by Crippen LogP contribution is -2.32. The normalized spacial score (nSPS) is 15.0. The van der Waals surface area contributed by atoms with Crippen LogP contribution < -0.4 is 4.74 Å². The van der Waals surface area contributed by atoms with Gasteiger partial charge in [0.25, 0.3) is 11.1 Å². The van der Waals surface area contributed by atoms with Crippen LogP contribution in [0.1, 0.15) is 53.4 Å². The van der Waals surface area contributed by atoms with Crippen molar-refractivity contribution in [2.45, 2.75) is 47.5 Å². The van der Waals surface area contributed by atoms with Gasteiger partial charge >= 0.3 is 0 Å². The third-order valence-corrected chi connectivity index (χ3v) is 8.19. The van der Waals surface area contributed by atoms with E-state index in [0.717, 1.165) is 61.3 Å². The molecule has 36 heavy (non-hydrogen) atoms. The van der Waals surface area contributed by atoms with Crippen molar-refractivity contribution in [3.05, 3.63) is 85.5 Å². The number of imide groups is 1. The van der Waals surface area contributed by atoms with Crippen molar-refractivity contribution in [1.29, 1.82) is 0 Å². The summed E-state index contributed by atoms with van der Waals surface area (Å²) in [6, 6.07) is 14.4. The van der Waals surface area contributed by atoms with E-state index in [1.54, 1.807) is 0 Å². The molecule has 0 N–H and O–H groups in total. The van der Waals surface area contributed by atoms with Crippen molar-refractivity contribution < 1.29 is 14.3 Å². The fourth-order valence-electron chi connectivity index (χ4n) is 4.42. The number of ether oxygens (including phenoxy) is 1. The molecule has 0 spiro atoms. The number of hydrogen-bond acceptors (Lipinski definition) is 4. The summed E-state index contributed by atoms with van der Waals surface area (Å²) >= 11 is 4.54. The van der Waals surface area contributed by atoms with Gasteiger partial charge < -0.3 is 9.30 Å². The van der Waals surface area contributed by atoms with E-state index in [4.69, 9.17) is 4.74 Å². The lowest BCUT2D eigenvalue weighted by Gasteiger charge is -2.17. The Kier molecular flexibility index (Phi) is 7.81. The van der Waals surface area contributed by atoms with Gasteiger partial charge in [-0.05, 0) is 104 Å². The van der Waals surface area contributed by atoms with Crippen molar-refractivity contribution in [1.82, 2.24) is 9.47 Å². The van der Waals surface area contributed by atoms with Gasteiger partial charge in [-0.2, -0.15) is 0 Å². The molecule has 1 saturated heterocycles. The second-order valence-electron chi connectivity index (χ2n) is 9.47. The highest BCUT2D eigenvalue weighted by atomic mass is 79.9. The fraction of sp³-hybridized carbons (Fsp3) is 0.310. The second-order valence-corrected chi connectivity index (χ2v) is 11.3. The SMILES string of the molecule is Cc1ccc(C(C)C)c(OCCN2C(=O)S/C(=C\c3cc(C)n(-c4ccc(Br)c(C)c4)c3C)C2=O)c1. The maximum Gasteiger partial charge on any atom is 0.293 e. The third kappa shape index (κ3) is 5.32. The van der Waals surface area contributed by atoms with E-state index in [-0.39, 0.29) is 24.3 Å². The van der Waals surface area contributed by atoms with Crippen LogP contribution in [0.2, 0.25) is 0 Å². The second kappa shape index (κ2) is 10.7. The van der Waals surface area contributed by atoms with Crippen LogP contribution >= 0.6 is 27.7 Å². The van der Waals surface area contributed by atoms with Crippen LogP contribution in [0.5, 0.6) is 5.75 Å². The summed E-state index contributed by atoms with van der Waals surface area (Å²) in [6.45, 7) is 12.9. The van der Waals surface area contributed by atoms with Gasteiger partial charge in [0.05, 0.1) is 11.4 Å². The molecule has 3 aromatic rings. The van der Waals surface area contributed by atoms with Crippen LogP contribution in [0.3, 0.4) is 0 Å². The quantitative estimate of drug-likeness (QED) is 0.275. The van der Waals surface area contributed by atoms with Gasteiger partial charge in [-0.1, -0.05) is 41.9 Å². The topological polar surface area (TPSA) is 51.5 Å². The predicted octanol–water partition coefficient (Wildman–Crippen LogP) is 7.71. The number of rotatable bonds is 7. The average molecular weight is 568 g/mol. The van der Waals surface area contributed by atoms with Crippen LogP contribution in [0.15, 0.2) is 51.8 Å². The molecule has 7 heteroatoms. The number of aryl methyl sites for hydroxylation is 3. The summed E-state index contributed by atoms with van der Waals surface area (Å²) in [6.07, 6.45) is 1.83. The first-order chi connectivity index (χ1) is 17.1. The molecule has 0 unspecified atom stereocenters. The van der Waals surface area contributed by atoms with Gasteiger partial charge in [0.1, 0.15) is 12.4 Å². The minimum absolute atomic E-state index is 0.213. The Balaban J connectivity index is 1.50. The van der Waals surface area contributed by atoms with E-state index in [2.05, 4.69) is 71.6 Å². The van der Waals surface area contributed by atoms with Gasteiger partial charge in [-0.3, -0.25) is 14.5 Å². The lowest BCUT2D eigenvalue weighted by atomic mass is 10.0. The van der Waals surface area contributed by atoms with Crippen LogP contribution in [0, 0.1) is 27.7 Å². The summed E-state index contributed by atoms with van der Waals surface area (Å²) in [4.78, 5) is 27.5. The fourth-order valence-corrected chi connectivity index (χ4v) is 5.53. The maximum atomic E-state index is 13.1. The number of benzene rings is 2. The molecule has 2 aromatic carbocycles. The molecule has 1 aliphatic rings. The van der Waals surface area contributed by atoms with E-state index < -0.39 is 0 Å². The molecule has 0 aliphatic carbocycles. The summed E-state index contributed by atoms with van der Waals surface area (Å²) in [5, 5.41) is -0.263. The zero-order valence-corrected chi connectivity index (χ0v) is 23.9. The van der Waals surface area contributed by atoms with E-state index in [9.17, 15) is 9.59 Å². The molecule has 0 bridgehead atoms. The summed E-state index contributed by atoms with van der Waals surface area (Å²) in [5.41, 5.74) is 7.45. The maximum absolute atomic E-state index is 13.1. The minimum atomic E-state index is -0.272. The van der Waals surface area contributed by atoms with Gasteiger partial charge in [0, 0.05) is 21.5 Å². The largest absolute Gasteiger partial charge is 0.491 e. The van der Waals surface area contributed by atoms with E-state index >= 15 is 0 Å². The highest BCUT2D eigenvalue weighted by molar-refractivity contribution is 9.10. The molecular weight excluding hydrogens is 536 g/mol. The van der Waals surface area contributed by atoms with Crippen LogP contribution in [0.4, 0.5) is 4.79 Å². The first-order valence-corrected chi connectivity index (χ1v) is 13.6. The van der Waals surface area contributed by atoms with Gasteiger partial charge in [-0.15, -0.1) is 0 Å². The molecule has 5 nitrogen and oxygen atoms in total. The zero-order valence-electron chi connectivity index (χ0n) is 21.5. The molecule has 4 rings (SSSR count). The van der Waals surface area contributed by atoms with Crippen LogP contribution in [0.25, 0.3) is 11.8 Å². The number of aromatic nitrogens is 1. The third-order valence-electron chi connectivity index (χ3n) is 6.39. The zero-order chi connectivity index (χ0) is 26.1. The monoisotopic (exact) mass is 566 g/mol. The summed E-state index contributed by atoms with van der Waals surface area (Å²) in [7, 11) is 0. The summed E-state index contributed by atoms with van der Waals surface area (Å²) < 4.78 is 9.24. The standard InChI is InChI=1S/C29H31BrN2O3S/c1-17(2)24-9-7-18(3)13-26(24)35-12-11-31-28(33)27(36-29(31)34)16-22-15-20(5)32(21(22)6)23-8-10-25(30)19(4)14-23/h7-10,13-17H,11-12H2,1-6H3/b27-16-. The van der Waals surface area contributed by atoms with Crippen molar-refractivity contribution in [2.24, 2.45) is 0 Å². The minimum Gasteiger partial charge on any atom is -0.491 e. The Bertz CT molecular complexity index is 1370. The number of carbonyl (C=O) groups is 2. The molecule has 2 heterocycles. The van der Waals surface area contributed by atoms with E-state index in [0.29, 0.717) is 10.8 Å². The summed E-state index contributed by atoms with van der Waals surface area (Å²) in [5.74, 6) is 0.857. The van der Waals surface area contributed by atoms with Crippen LogP contribution in [-0.4, -0.2) is 33.8 Å². The van der Waals surface area contributed by atoms with Gasteiger partial charge in [-0.25, -0.2) is 0 Å². The molecular formula is C29H31BrN2O3S. The highest BCUT2D eigenvalue weighted by Gasteiger charge is 2.35. The van der Waals surface area contributed by atoms with Crippen molar-refractivity contribution in [3.63, 3.8) is 0 Å². The van der Waals surface area contributed by atoms with E-state index in [1.165, 1.54) is 4.90 Å². The molecule has 1 aliphatic heterocycles. The van der Waals surface area contributed by atoms with Crippen molar-refractivity contribution >= 4 is 44.9 Å². The Morgan fingerprint density at radius 1 is 1.03 bits per heavy atom. The van der Waals surface area contributed by atoms with Crippen LogP contribution in [-0.2, 0) is 4.79 Å². The first kappa shape index (κ1) is 26.3. The molecule has 0 saturated carbocycles. The van der Waals surface area contributed by atoms with Crippen molar-refractivity contribution in [2.75, 3.05) is 13.2 Å². The number of carbonyl (C=O) groups excluding carboxylic acids is 2. The Hall–Kier alpha value is -2.77. The van der Waals surface area contributed by atoms with Gasteiger partial charge in [0.2, 0.25) is 0 Å². The molecule has 0 atom stereocenters. The van der Waals surface area contributed by atoms with Gasteiger partial charge in [0.15, 0.2) is 0 Å². The smallest absolute Gasteiger partial charge is 0.293 e. The van der Waals surface area contributed by atoms with E-state index in [1.807, 2.05) is 39.0 Å². The Morgan fingerprint density at radius 3 is 2.47 bits per heavy atom. The molecule has 1 aromatic heterocycles. The number of halogens is 1. The Labute approximate surface area is 225 Å². The van der Waals surface area contributed by atoms with Crippen molar-refractivity contribution in [3.8, 4) is 11.4 Å². The number of hydrogen-bond donors (Lipinski definition) is 0. The number of amides is 2. The first-order valence-electron chi connectivity index (χ1n) is 12.0. The average Bonchev–Trinajstić information content (AvgIpc) is 3.24. The molecule has 1 fully saturated rings. The number of thioether (sulfide) groups is 1. The predicted molar refractivity (Wildman–Crippen MR) is 151 cm³/mol. The Morgan fingerprint density at radius 2 is 1.78 bits per heavy atom. The molecule has 0 radical (unpaired) electrons. The molecule has 2 amide bonds.